The molecule has 1 unspecified atom stereocenters. The van der Waals surface area contributed by atoms with Gasteiger partial charge in [-0.3, -0.25) is 4.68 Å². The minimum atomic E-state index is -0.264. The lowest BCUT2D eigenvalue weighted by Gasteiger charge is -2.18. The average Bonchev–Trinajstić information content (AvgIpc) is 3.22. The molecular formula is C16H20N8O. The third-order valence-electron chi connectivity index (χ3n) is 3.92. The van der Waals surface area contributed by atoms with E-state index in [0.29, 0.717) is 11.5 Å². The molecular weight excluding hydrogens is 320 g/mol. The molecule has 2 aromatic heterocycles. The van der Waals surface area contributed by atoms with Crippen molar-refractivity contribution in [3.63, 3.8) is 0 Å². The first-order valence-electron chi connectivity index (χ1n) is 7.99. The van der Waals surface area contributed by atoms with Gasteiger partial charge in [-0.15, -0.1) is 5.10 Å². The number of carbonyl (C=O) groups excluding carboxylic acids is 1. The zero-order valence-corrected chi connectivity index (χ0v) is 14.3. The second-order valence-corrected chi connectivity index (χ2v) is 5.62. The Bertz CT molecular complexity index is 851. The van der Waals surface area contributed by atoms with Gasteiger partial charge in [0, 0.05) is 18.9 Å². The van der Waals surface area contributed by atoms with Crippen LogP contribution >= 0.6 is 0 Å². The number of aryl methyl sites for hydroxylation is 2. The standard InChI is InChI=1S/C16H20N8O/c1-4-14(15-9-10-17-23(15)3)19-16(25)18-12-5-7-13(8-6-12)24-11(2)20-21-22-24/h5-10,14H,4H2,1-3H3,(H2,18,19,25). The molecule has 0 aliphatic rings. The van der Waals surface area contributed by atoms with Gasteiger partial charge < -0.3 is 10.6 Å². The summed E-state index contributed by atoms with van der Waals surface area (Å²) >= 11 is 0. The van der Waals surface area contributed by atoms with E-state index in [9.17, 15) is 4.79 Å². The van der Waals surface area contributed by atoms with Crippen molar-refractivity contribution < 1.29 is 4.79 Å². The minimum Gasteiger partial charge on any atom is -0.330 e. The predicted molar refractivity (Wildman–Crippen MR) is 92.3 cm³/mol. The highest BCUT2D eigenvalue weighted by Gasteiger charge is 2.15. The zero-order chi connectivity index (χ0) is 17.8. The van der Waals surface area contributed by atoms with Gasteiger partial charge in [0.1, 0.15) is 0 Å². The van der Waals surface area contributed by atoms with E-state index in [4.69, 9.17) is 0 Å². The van der Waals surface area contributed by atoms with Gasteiger partial charge in [-0.25, -0.2) is 4.79 Å². The fourth-order valence-corrected chi connectivity index (χ4v) is 2.59. The summed E-state index contributed by atoms with van der Waals surface area (Å²) < 4.78 is 3.39. The highest BCUT2D eigenvalue weighted by atomic mass is 16.2. The van der Waals surface area contributed by atoms with Crippen LogP contribution in [0.15, 0.2) is 36.5 Å². The Hall–Kier alpha value is -3.23. The molecule has 0 bridgehead atoms. The molecule has 9 heteroatoms. The lowest BCUT2D eigenvalue weighted by molar-refractivity contribution is 0.247. The van der Waals surface area contributed by atoms with Crippen LogP contribution in [0.4, 0.5) is 10.5 Å². The second kappa shape index (κ2) is 7.12. The molecule has 0 aliphatic carbocycles. The molecule has 0 aliphatic heterocycles. The Balaban J connectivity index is 1.65. The second-order valence-electron chi connectivity index (χ2n) is 5.62. The van der Waals surface area contributed by atoms with Crippen LogP contribution in [0.5, 0.6) is 0 Å². The van der Waals surface area contributed by atoms with Gasteiger partial charge in [-0.2, -0.15) is 9.78 Å². The molecule has 1 atom stereocenters. The summed E-state index contributed by atoms with van der Waals surface area (Å²) in [6.45, 7) is 3.84. The fraction of sp³-hybridized carbons (Fsp3) is 0.312. The van der Waals surface area contributed by atoms with Gasteiger partial charge in [0.05, 0.1) is 17.4 Å². The lowest BCUT2D eigenvalue weighted by atomic mass is 10.1. The quantitative estimate of drug-likeness (QED) is 0.739. The van der Waals surface area contributed by atoms with E-state index in [2.05, 4.69) is 31.3 Å². The van der Waals surface area contributed by atoms with Crippen molar-refractivity contribution in [3.8, 4) is 5.69 Å². The first kappa shape index (κ1) is 16.6. The van der Waals surface area contributed by atoms with Gasteiger partial charge in [0.15, 0.2) is 5.82 Å². The number of hydrogen-bond acceptors (Lipinski definition) is 5. The van der Waals surface area contributed by atoms with E-state index in [0.717, 1.165) is 17.8 Å². The van der Waals surface area contributed by atoms with E-state index < -0.39 is 0 Å². The van der Waals surface area contributed by atoms with E-state index in [1.165, 1.54) is 0 Å². The molecule has 2 N–H and O–H groups in total. The Morgan fingerprint density at radius 2 is 2.00 bits per heavy atom. The number of benzene rings is 1. The van der Waals surface area contributed by atoms with Gasteiger partial charge in [-0.05, 0) is 54.1 Å². The van der Waals surface area contributed by atoms with E-state index in [1.807, 2.05) is 39.1 Å². The highest BCUT2D eigenvalue weighted by molar-refractivity contribution is 5.89. The SMILES string of the molecule is CCC(NC(=O)Nc1ccc(-n2nnnc2C)cc1)c1ccnn1C. The molecule has 0 saturated heterocycles. The molecule has 3 rings (SSSR count). The lowest BCUT2D eigenvalue weighted by Crippen LogP contribution is -2.33. The van der Waals surface area contributed by atoms with Gasteiger partial charge >= 0.3 is 6.03 Å². The number of amides is 2. The molecule has 1 aromatic carbocycles. The van der Waals surface area contributed by atoms with Crippen molar-refractivity contribution in [3.05, 3.63) is 48.0 Å². The van der Waals surface area contributed by atoms with Gasteiger partial charge in [0.2, 0.25) is 0 Å². The number of rotatable bonds is 5. The van der Waals surface area contributed by atoms with Crippen LogP contribution in [0, 0.1) is 6.92 Å². The molecule has 2 heterocycles. The maximum Gasteiger partial charge on any atom is 0.319 e. The molecule has 9 nitrogen and oxygen atoms in total. The van der Waals surface area contributed by atoms with E-state index in [-0.39, 0.29) is 12.1 Å². The van der Waals surface area contributed by atoms with Gasteiger partial charge in [0.25, 0.3) is 0 Å². The number of tetrazole rings is 1. The Labute approximate surface area is 145 Å². The highest BCUT2D eigenvalue weighted by Crippen LogP contribution is 2.16. The van der Waals surface area contributed by atoms with Crippen molar-refractivity contribution in [2.75, 3.05) is 5.32 Å². The summed E-state index contributed by atoms with van der Waals surface area (Å²) in [4.78, 5) is 12.3. The molecule has 0 saturated carbocycles. The number of carbonyl (C=O) groups is 1. The third-order valence-corrected chi connectivity index (χ3v) is 3.92. The molecule has 2 amide bonds. The van der Waals surface area contributed by atoms with Crippen LogP contribution in [0.2, 0.25) is 0 Å². The van der Waals surface area contributed by atoms with Crippen LogP contribution < -0.4 is 10.6 Å². The minimum absolute atomic E-state index is 0.101. The summed E-state index contributed by atoms with van der Waals surface area (Å²) in [6.07, 6.45) is 2.49. The van der Waals surface area contributed by atoms with Gasteiger partial charge in [-0.1, -0.05) is 6.92 Å². The molecule has 0 spiro atoms. The molecule has 0 radical (unpaired) electrons. The Morgan fingerprint density at radius 3 is 2.56 bits per heavy atom. The van der Waals surface area contributed by atoms with E-state index >= 15 is 0 Å². The molecule has 130 valence electrons. The smallest absolute Gasteiger partial charge is 0.319 e. The average molecular weight is 340 g/mol. The first-order chi connectivity index (χ1) is 12.1. The first-order valence-corrected chi connectivity index (χ1v) is 7.99. The monoisotopic (exact) mass is 340 g/mol. The summed E-state index contributed by atoms with van der Waals surface area (Å²) in [7, 11) is 1.86. The fourth-order valence-electron chi connectivity index (χ4n) is 2.59. The van der Waals surface area contributed by atoms with Crippen LogP contribution in [0.25, 0.3) is 5.69 Å². The molecule has 0 fully saturated rings. The van der Waals surface area contributed by atoms with Crippen molar-refractivity contribution in [1.29, 1.82) is 0 Å². The normalized spacial score (nSPS) is 12.0. The third kappa shape index (κ3) is 3.65. The van der Waals surface area contributed by atoms with Crippen LogP contribution in [-0.4, -0.2) is 36.0 Å². The number of urea groups is 1. The maximum atomic E-state index is 12.3. The number of nitrogens with zero attached hydrogens (tertiary/aromatic N) is 6. The molecule has 3 aromatic rings. The van der Waals surface area contributed by atoms with E-state index in [1.54, 1.807) is 27.7 Å². The summed E-state index contributed by atoms with van der Waals surface area (Å²) in [5.41, 5.74) is 2.48. The van der Waals surface area contributed by atoms with Crippen LogP contribution in [-0.2, 0) is 7.05 Å². The van der Waals surface area contributed by atoms with Crippen molar-refractivity contribution >= 4 is 11.7 Å². The number of hydrogen-bond donors (Lipinski definition) is 2. The zero-order valence-electron chi connectivity index (χ0n) is 14.3. The summed E-state index contributed by atoms with van der Waals surface area (Å²) in [6, 6.07) is 8.84. The Morgan fingerprint density at radius 1 is 1.24 bits per heavy atom. The largest absolute Gasteiger partial charge is 0.330 e. The van der Waals surface area contributed by atoms with Crippen molar-refractivity contribution in [2.24, 2.45) is 7.05 Å². The number of anilines is 1. The number of aromatic nitrogens is 6. The topological polar surface area (TPSA) is 103 Å². The molecule has 25 heavy (non-hydrogen) atoms. The Kier molecular flexibility index (Phi) is 4.73. The predicted octanol–water partition coefficient (Wildman–Crippen LogP) is 1.98. The number of nitrogens with one attached hydrogen (secondary N) is 2. The van der Waals surface area contributed by atoms with Crippen LogP contribution in [0.1, 0.15) is 30.9 Å². The van der Waals surface area contributed by atoms with Crippen molar-refractivity contribution in [1.82, 2.24) is 35.3 Å². The maximum absolute atomic E-state index is 12.3. The summed E-state index contributed by atoms with van der Waals surface area (Å²) in [5.74, 6) is 0.695. The summed E-state index contributed by atoms with van der Waals surface area (Å²) in [5, 5.41) is 21.3. The van der Waals surface area contributed by atoms with Crippen molar-refractivity contribution in [2.45, 2.75) is 26.3 Å². The van der Waals surface area contributed by atoms with Crippen LogP contribution in [0.3, 0.4) is 0 Å².